The van der Waals surface area contributed by atoms with Gasteiger partial charge in [0.1, 0.15) is 23.6 Å². The maximum absolute atomic E-state index is 13.1. The van der Waals surface area contributed by atoms with Gasteiger partial charge in [-0.1, -0.05) is 0 Å². The molecule has 2 amide bonds. The van der Waals surface area contributed by atoms with Crippen molar-refractivity contribution in [2.45, 2.75) is 24.9 Å². The number of esters is 1. The number of phenolic OH excluding ortho intramolecular Hbond substituents is 1. The van der Waals surface area contributed by atoms with E-state index in [2.05, 4.69) is 0 Å². The second-order valence-corrected chi connectivity index (χ2v) is 7.97. The van der Waals surface area contributed by atoms with Gasteiger partial charge < -0.3 is 15.2 Å². The number of hydrogen-bond donors (Lipinski definition) is 2. The lowest BCUT2D eigenvalue weighted by Gasteiger charge is -2.29. The van der Waals surface area contributed by atoms with Gasteiger partial charge in [0.05, 0.1) is 7.11 Å². The first-order valence-electron chi connectivity index (χ1n) is 8.98. The molecule has 2 aliphatic heterocycles. The van der Waals surface area contributed by atoms with Gasteiger partial charge in [0.25, 0.3) is 0 Å². The fourth-order valence-corrected chi connectivity index (χ4v) is 5.03. The molecule has 0 aromatic heterocycles. The summed E-state index contributed by atoms with van der Waals surface area (Å²) < 4.78 is 5.10. The molecule has 3 N–H and O–H groups in total. The average molecular weight is 393 g/mol. The van der Waals surface area contributed by atoms with Crippen LogP contribution >= 0.6 is 11.8 Å². The number of aromatic hydroxyl groups is 1. The van der Waals surface area contributed by atoms with E-state index in [0.717, 1.165) is 5.56 Å². The molecular weight excluding hydrogens is 368 g/mol. The molecule has 0 saturated carbocycles. The van der Waals surface area contributed by atoms with Crippen LogP contribution in [0.15, 0.2) is 24.3 Å². The third-order valence-electron chi connectivity index (χ3n) is 5.74. The molecule has 2 fully saturated rings. The van der Waals surface area contributed by atoms with E-state index in [1.807, 2.05) is 11.6 Å². The van der Waals surface area contributed by atoms with Crippen LogP contribution in [0.25, 0.3) is 0 Å². The number of carbonyl (C=O) groups is 3. The lowest BCUT2D eigenvalue weighted by atomic mass is 9.78. The van der Waals surface area contributed by atoms with Gasteiger partial charge in [-0.25, -0.2) is 4.79 Å². The fourth-order valence-electron chi connectivity index (χ4n) is 4.49. The lowest BCUT2D eigenvalue weighted by molar-refractivity contribution is -0.734. The maximum atomic E-state index is 13.1. The van der Waals surface area contributed by atoms with E-state index in [-0.39, 0.29) is 30.2 Å². The van der Waals surface area contributed by atoms with E-state index in [1.54, 1.807) is 43.0 Å². The van der Waals surface area contributed by atoms with Gasteiger partial charge >= 0.3 is 5.97 Å². The van der Waals surface area contributed by atoms with E-state index in [1.165, 1.54) is 12.0 Å². The summed E-state index contributed by atoms with van der Waals surface area (Å²) in [6.07, 6.45) is 2.38. The molecule has 2 heterocycles. The Morgan fingerprint density at radius 1 is 1.30 bits per heavy atom. The number of ether oxygens (including phenoxy) is 1. The van der Waals surface area contributed by atoms with Crippen molar-refractivity contribution in [3.8, 4) is 5.75 Å². The number of carbonyl (C=O) groups excluding carboxylic acids is 3. The summed E-state index contributed by atoms with van der Waals surface area (Å²) in [5.41, 5.74) is -0.321. The zero-order valence-corrected chi connectivity index (χ0v) is 16.5. The number of amides is 2. The Kier molecular flexibility index (Phi) is 5.48. The smallest absolute Gasteiger partial charge is 0.368 e. The molecule has 0 unspecified atom stereocenters. The molecule has 2 saturated heterocycles. The highest BCUT2D eigenvalue weighted by Gasteiger charge is 2.71. The summed E-state index contributed by atoms with van der Waals surface area (Å²) in [5, 5.41) is 11.4. The van der Waals surface area contributed by atoms with Gasteiger partial charge in [-0.05, 0) is 43.2 Å². The number of thioether (sulfide) groups is 1. The Morgan fingerprint density at radius 2 is 1.96 bits per heavy atom. The van der Waals surface area contributed by atoms with Crippen molar-refractivity contribution >= 4 is 29.5 Å². The third-order valence-corrected chi connectivity index (χ3v) is 6.35. The summed E-state index contributed by atoms with van der Waals surface area (Å²) in [5.74, 6) is -1.57. The number of quaternary nitrogens is 1. The molecule has 1 aromatic carbocycles. The quantitative estimate of drug-likeness (QED) is 0.533. The van der Waals surface area contributed by atoms with Gasteiger partial charge in [0, 0.05) is 18.5 Å². The fraction of sp³-hybridized carbons (Fsp3) is 0.526. The monoisotopic (exact) mass is 393 g/mol. The normalized spacial score (nSPS) is 29.9. The van der Waals surface area contributed by atoms with Gasteiger partial charge in [-0.3, -0.25) is 14.5 Å². The number of imide groups is 1. The van der Waals surface area contributed by atoms with Crippen LogP contribution in [0.2, 0.25) is 0 Å². The zero-order valence-electron chi connectivity index (χ0n) is 15.7. The molecule has 3 rings (SSSR count). The second kappa shape index (κ2) is 7.52. The van der Waals surface area contributed by atoms with E-state index in [4.69, 9.17) is 4.74 Å². The number of phenols is 1. The summed E-state index contributed by atoms with van der Waals surface area (Å²) in [7, 11) is 1.32. The van der Waals surface area contributed by atoms with Crippen molar-refractivity contribution in [1.82, 2.24) is 4.90 Å². The van der Waals surface area contributed by atoms with E-state index < -0.39 is 23.3 Å². The summed E-state index contributed by atoms with van der Waals surface area (Å²) in [6, 6.07) is 6.20. The van der Waals surface area contributed by atoms with Gasteiger partial charge in [0.2, 0.25) is 17.4 Å². The summed E-state index contributed by atoms with van der Waals surface area (Å²) in [6.45, 7) is 2.05. The number of benzene rings is 1. The molecule has 8 heteroatoms. The number of nitrogens with two attached hydrogens (primary N) is 1. The number of likely N-dealkylation sites (tertiary alicyclic amines) is 1. The topological polar surface area (TPSA) is 101 Å². The third kappa shape index (κ3) is 3.00. The highest BCUT2D eigenvalue weighted by atomic mass is 32.2. The number of rotatable bonds is 6. The van der Waals surface area contributed by atoms with Crippen LogP contribution in [0, 0.1) is 11.8 Å². The van der Waals surface area contributed by atoms with Crippen LogP contribution in [0.4, 0.5) is 0 Å². The van der Waals surface area contributed by atoms with Crippen molar-refractivity contribution in [2.75, 3.05) is 25.7 Å². The van der Waals surface area contributed by atoms with E-state index in [9.17, 15) is 19.5 Å². The van der Waals surface area contributed by atoms with Crippen molar-refractivity contribution in [1.29, 1.82) is 0 Å². The van der Waals surface area contributed by atoms with Crippen molar-refractivity contribution in [2.24, 2.45) is 11.8 Å². The first kappa shape index (κ1) is 19.7. The maximum Gasteiger partial charge on any atom is 0.368 e. The highest BCUT2D eigenvalue weighted by Crippen LogP contribution is 2.46. The van der Waals surface area contributed by atoms with Crippen LogP contribution in [-0.2, 0) is 19.1 Å². The molecule has 0 radical (unpaired) electrons. The van der Waals surface area contributed by atoms with Crippen LogP contribution in [0.1, 0.15) is 24.9 Å². The minimum Gasteiger partial charge on any atom is -0.508 e. The second-order valence-electron chi connectivity index (χ2n) is 6.98. The Bertz CT molecular complexity index is 753. The molecule has 7 nitrogen and oxygen atoms in total. The molecule has 1 aromatic rings. The molecule has 27 heavy (non-hydrogen) atoms. The van der Waals surface area contributed by atoms with Crippen molar-refractivity contribution in [3.63, 3.8) is 0 Å². The minimum absolute atomic E-state index is 0.124. The predicted molar refractivity (Wildman–Crippen MR) is 99.9 cm³/mol. The van der Waals surface area contributed by atoms with Crippen LogP contribution < -0.4 is 5.32 Å². The van der Waals surface area contributed by atoms with Crippen molar-refractivity contribution in [3.05, 3.63) is 29.8 Å². The Morgan fingerprint density at radius 3 is 2.52 bits per heavy atom. The number of methoxy groups -OCH3 is 1. The zero-order chi connectivity index (χ0) is 19.8. The molecular formula is C19H25N2O5S+. The molecule has 2 aliphatic rings. The Hall–Kier alpha value is -2.06. The molecule has 4 atom stereocenters. The Labute approximate surface area is 162 Å². The molecule has 0 spiro atoms. The van der Waals surface area contributed by atoms with Gasteiger partial charge in [0.15, 0.2) is 0 Å². The molecule has 0 aliphatic carbocycles. The SMILES string of the molecule is CCN1C(=O)[C@@H]2[C@@H](c3ccc(O)cc3)[NH2+][C@@](CCSC)(C(=O)OC)[C@@H]2C1=O. The molecule has 146 valence electrons. The highest BCUT2D eigenvalue weighted by molar-refractivity contribution is 7.98. The largest absolute Gasteiger partial charge is 0.508 e. The lowest BCUT2D eigenvalue weighted by Crippen LogP contribution is -2.98. The Balaban J connectivity index is 2.12. The van der Waals surface area contributed by atoms with Crippen LogP contribution in [-0.4, -0.2) is 59.0 Å². The van der Waals surface area contributed by atoms with Crippen molar-refractivity contribution < 1.29 is 29.5 Å². The predicted octanol–water partition coefficient (Wildman–Crippen LogP) is 0.296. The minimum atomic E-state index is -1.12. The summed E-state index contributed by atoms with van der Waals surface area (Å²) >= 11 is 1.59. The number of hydrogen-bond acceptors (Lipinski definition) is 6. The standard InChI is InChI=1S/C19H24N2O5S/c1-4-21-16(23)13-14(17(21)24)19(9-10-27-3,18(25)26-2)20-15(13)11-5-7-12(22)8-6-11/h5-8,13-15,20,22H,4,9-10H2,1-3H3/p+1/t13-,14-,15+,19+/m0/s1. The number of fused-ring (bicyclic) bond motifs is 1. The van der Waals surface area contributed by atoms with E-state index >= 15 is 0 Å². The average Bonchev–Trinajstić information content (AvgIpc) is 3.14. The van der Waals surface area contributed by atoms with Gasteiger partial charge in [-0.2, -0.15) is 11.8 Å². The van der Waals surface area contributed by atoms with Gasteiger partial charge in [-0.15, -0.1) is 0 Å². The van der Waals surface area contributed by atoms with Crippen LogP contribution in [0.3, 0.4) is 0 Å². The number of nitrogens with zero attached hydrogens (tertiary/aromatic N) is 1. The summed E-state index contributed by atoms with van der Waals surface area (Å²) in [4.78, 5) is 40.3. The van der Waals surface area contributed by atoms with Crippen LogP contribution in [0.5, 0.6) is 5.75 Å². The molecule has 0 bridgehead atoms. The first-order valence-corrected chi connectivity index (χ1v) is 10.4. The first-order chi connectivity index (χ1) is 12.9. The van der Waals surface area contributed by atoms with E-state index in [0.29, 0.717) is 12.2 Å².